The molecule has 1 heterocycles. The second-order valence-corrected chi connectivity index (χ2v) is 6.40. The van der Waals surface area contributed by atoms with E-state index in [9.17, 15) is 15.2 Å². The number of aliphatic hydroxyl groups is 1. The molecule has 1 saturated carbocycles. The van der Waals surface area contributed by atoms with Crippen molar-refractivity contribution in [1.82, 2.24) is 4.90 Å². The normalized spacial score (nSPS) is 25.0. The molecule has 1 aliphatic heterocycles. The topological polar surface area (TPSA) is 67.6 Å². The van der Waals surface area contributed by atoms with E-state index in [1.54, 1.807) is 0 Å². The molecule has 0 radical (unpaired) electrons. The van der Waals surface area contributed by atoms with E-state index < -0.39 is 6.10 Å². The van der Waals surface area contributed by atoms with Crippen LogP contribution < -0.4 is 4.90 Å². The predicted octanol–water partition coefficient (Wildman–Crippen LogP) is 1.76. The van der Waals surface area contributed by atoms with Crippen molar-refractivity contribution >= 4 is 11.6 Å². The van der Waals surface area contributed by atoms with Crippen molar-refractivity contribution in [2.75, 3.05) is 31.1 Å². The molecule has 0 aromatic heterocycles. The van der Waals surface area contributed by atoms with Gasteiger partial charge in [-0.25, -0.2) is 0 Å². The fourth-order valence-electron chi connectivity index (χ4n) is 3.69. The van der Waals surface area contributed by atoms with Crippen LogP contribution in [0.1, 0.15) is 31.2 Å². The molecule has 2 atom stereocenters. The van der Waals surface area contributed by atoms with Gasteiger partial charge in [-0.1, -0.05) is 12.1 Å². The molecule has 3 rings (SSSR count). The fourth-order valence-corrected chi connectivity index (χ4v) is 3.69. The number of anilines is 1. The van der Waals surface area contributed by atoms with Crippen LogP contribution >= 0.6 is 0 Å². The van der Waals surface area contributed by atoms with Crippen LogP contribution in [0, 0.1) is 17.2 Å². The highest BCUT2D eigenvalue weighted by atomic mass is 16.3. The lowest BCUT2D eigenvalue weighted by atomic mass is 10.0. The molecule has 1 saturated heterocycles. The number of carbonyl (C=O) groups is 1. The minimum Gasteiger partial charge on any atom is -0.392 e. The zero-order chi connectivity index (χ0) is 16.2. The molecule has 2 unspecified atom stereocenters. The van der Waals surface area contributed by atoms with Gasteiger partial charge < -0.3 is 14.9 Å². The average molecular weight is 313 g/mol. The molecule has 122 valence electrons. The fraction of sp³-hybridized carbons (Fsp3) is 0.556. The number of nitrogens with zero attached hydrogens (tertiary/aromatic N) is 3. The molecule has 0 bridgehead atoms. The van der Waals surface area contributed by atoms with Gasteiger partial charge in [-0.05, 0) is 37.8 Å². The third-order valence-corrected chi connectivity index (χ3v) is 4.97. The number of hydrogen-bond donors (Lipinski definition) is 1. The zero-order valence-corrected chi connectivity index (χ0v) is 13.3. The average Bonchev–Trinajstić information content (AvgIpc) is 2.86. The molecule has 1 aromatic rings. The Morgan fingerprint density at radius 3 is 2.70 bits per heavy atom. The van der Waals surface area contributed by atoms with Crippen LogP contribution in [0.15, 0.2) is 24.3 Å². The number of rotatable bonds is 2. The van der Waals surface area contributed by atoms with Crippen molar-refractivity contribution in [1.29, 1.82) is 5.26 Å². The molecule has 23 heavy (non-hydrogen) atoms. The van der Waals surface area contributed by atoms with Gasteiger partial charge in [0.15, 0.2) is 0 Å². The number of para-hydroxylation sites is 1. The third-order valence-electron chi connectivity index (χ3n) is 4.97. The summed E-state index contributed by atoms with van der Waals surface area (Å²) in [5.74, 6) is -0.113. The number of carbonyl (C=O) groups excluding carboxylic acids is 1. The Kier molecular flexibility index (Phi) is 4.82. The number of benzene rings is 1. The summed E-state index contributed by atoms with van der Waals surface area (Å²) in [4.78, 5) is 16.7. The number of hydrogen-bond acceptors (Lipinski definition) is 4. The highest BCUT2D eigenvalue weighted by Crippen LogP contribution is 2.28. The summed E-state index contributed by atoms with van der Waals surface area (Å²) in [6.07, 6.45) is 2.89. The van der Waals surface area contributed by atoms with Gasteiger partial charge in [-0.15, -0.1) is 0 Å². The lowest BCUT2D eigenvalue weighted by molar-refractivity contribution is -0.138. The van der Waals surface area contributed by atoms with E-state index in [1.807, 2.05) is 29.2 Å². The molecule has 5 heteroatoms. The van der Waals surface area contributed by atoms with Gasteiger partial charge in [0.05, 0.1) is 23.3 Å². The van der Waals surface area contributed by atoms with Crippen LogP contribution in [-0.2, 0) is 4.79 Å². The van der Waals surface area contributed by atoms with E-state index >= 15 is 0 Å². The van der Waals surface area contributed by atoms with Crippen molar-refractivity contribution < 1.29 is 9.90 Å². The van der Waals surface area contributed by atoms with Gasteiger partial charge in [0.2, 0.25) is 5.91 Å². The Labute approximate surface area is 137 Å². The van der Waals surface area contributed by atoms with Gasteiger partial charge in [0.1, 0.15) is 6.07 Å². The summed E-state index contributed by atoms with van der Waals surface area (Å²) in [7, 11) is 0. The van der Waals surface area contributed by atoms with Gasteiger partial charge in [-0.2, -0.15) is 5.26 Å². The summed E-state index contributed by atoms with van der Waals surface area (Å²) in [6.45, 7) is 2.96. The minimum atomic E-state index is -0.471. The Morgan fingerprint density at radius 2 is 1.96 bits per heavy atom. The Bertz CT molecular complexity index is 611. The smallest absolute Gasteiger partial charge is 0.228 e. The summed E-state index contributed by atoms with van der Waals surface area (Å²) in [6, 6.07) is 9.86. The Balaban J connectivity index is 1.68. The maximum Gasteiger partial charge on any atom is 0.228 e. The quantitative estimate of drug-likeness (QED) is 0.903. The second kappa shape index (κ2) is 7.01. The van der Waals surface area contributed by atoms with Gasteiger partial charge in [0, 0.05) is 26.2 Å². The van der Waals surface area contributed by atoms with Crippen molar-refractivity contribution in [2.45, 2.75) is 31.8 Å². The number of nitriles is 1. The van der Waals surface area contributed by atoms with Crippen LogP contribution in [0.5, 0.6) is 0 Å². The van der Waals surface area contributed by atoms with Crippen LogP contribution in [0.25, 0.3) is 0 Å². The van der Waals surface area contributed by atoms with E-state index in [0.29, 0.717) is 12.1 Å². The summed E-state index contributed by atoms with van der Waals surface area (Å²) in [5, 5.41) is 19.2. The van der Waals surface area contributed by atoms with E-state index in [-0.39, 0.29) is 11.8 Å². The summed E-state index contributed by atoms with van der Waals surface area (Å²) < 4.78 is 0. The SMILES string of the molecule is N#Cc1ccccc1N1CCCN(C(=O)C2CCCC2O)CC1. The lowest BCUT2D eigenvalue weighted by Crippen LogP contribution is -2.41. The summed E-state index contributed by atoms with van der Waals surface area (Å²) in [5.41, 5.74) is 1.63. The molecule has 5 nitrogen and oxygen atoms in total. The maximum atomic E-state index is 12.6. The minimum absolute atomic E-state index is 0.102. The molecule has 2 aliphatic rings. The largest absolute Gasteiger partial charge is 0.392 e. The zero-order valence-electron chi connectivity index (χ0n) is 13.3. The molecular weight excluding hydrogens is 290 g/mol. The predicted molar refractivity (Wildman–Crippen MR) is 87.9 cm³/mol. The molecule has 1 aliphatic carbocycles. The molecule has 0 spiro atoms. The van der Waals surface area contributed by atoms with Crippen molar-refractivity contribution in [3.05, 3.63) is 29.8 Å². The molecular formula is C18H23N3O2. The highest BCUT2D eigenvalue weighted by molar-refractivity contribution is 5.80. The van der Waals surface area contributed by atoms with Gasteiger partial charge in [0.25, 0.3) is 0 Å². The molecule has 1 amide bonds. The lowest BCUT2D eigenvalue weighted by Gasteiger charge is -2.26. The molecule has 1 aromatic carbocycles. The number of aliphatic hydroxyl groups excluding tert-OH is 1. The summed E-state index contributed by atoms with van der Waals surface area (Å²) >= 11 is 0. The Hall–Kier alpha value is -2.06. The molecule has 2 fully saturated rings. The standard InChI is InChI=1S/C18H23N3O2/c19-13-14-5-1-2-7-16(14)20-9-4-10-21(12-11-20)18(23)15-6-3-8-17(15)22/h1-2,5,7,15,17,22H,3-4,6,8-12H2. The Morgan fingerprint density at radius 1 is 1.13 bits per heavy atom. The highest BCUT2D eigenvalue weighted by Gasteiger charge is 2.34. The van der Waals surface area contributed by atoms with Crippen LogP contribution in [-0.4, -0.2) is 48.2 Å². The van der Waals surface area contributed by atoms with Crippen LogP contribution in [0.4, 0.5) is 5.69 Å². The second-order valence-electron chi connectivity index (χ2n) is 6.40. The van der Waals surface area contributed by atoms with Crippen LogP contribution in [0.3, 0.4) is 0 Å². The van der Waals surface area contributed by atoms with Gasteiger partial charge >= 0.3 is 0 Å². The maximum absolute atomic E-state index is 12.6. The van der Waals surface area contributed by atoms with Crippen molar-refractivity contribution in [2.24, 2.45) is 5.92 Å². The van der Waals surface area contributed by atoms with E-state index in [0.717, 1.165) is 51.0 Å². The first-order chi connectivity index (χ1) is 11.2. The number of amides is 1. The first kappa shape index (κ1) is 15.8. The third kappa shape index (κ3) is 3.32. The van der Waals surface area contributed by atoms with Crippen molar-refractivity contribution in [3.8, 4) is 6.07 Å². The first-order valence-electron chi connectivity index (χ1n) is 8.41. The first-order valence-corrected chi connectivity index (χ1v) is 8.41. The van der Waals surface area contributed by atoms with E-state index in [4.69, 9.17) is 0 Å². The van der Waals surface area contributed by atoms with Crippen molar-refractivity contribution in [3.63, 3.8) is 0 Å². The van der Waals surface area contributed by atoms with E-state index in [1.165, 1.54) is 0 Å². The van der Waals surface area contributed by atoms with Crippen LogP contribution in [0.2, 0.25) is 0 Å². The monoisotopic (exact) mass is 313 g/mol. The van der Waals surface area contributed by atoms with E-state index in [2.05, 4.69) is 11.0 Å². The molecule has 1 N–H and O–H groups in total. The van der Waals surface area contributed by atoms with Gasteiger partial charge in [-0.3, -0.25) is 4.79 Å².